The van der Waals surface area contributed by atoms with Gasteiger partial charge < -0.3 is 14.1 Å². The highest BCUT2D eigenvalue weighted by atomic mass is 19.1. The maximum absolute atomic E-state index is 14.5. The van der Waals surface area contributed by atoms with Crippen molar-refractivity contribution in [2.45, 2.75) is 18.0 Å². The summed E-state index contributed by atoms with van der Waals surface area (Å²) in [5.74, 6) is -1.53. The first-order chi connectivity index (χ1) is 19.0. The summed E-state index contributed by atoms with van der Waals surface area (Å²) in [7, 11) is 1.52. The zero-order valence-electron chi connectivity index (χ0n) is 20.8. The molecule has 0 saturated carbocycles. The first-order valence-electron chi connectivity index (χ1n) is 12.6. The molecule has 7 heteroatoms. The molecule has 4 aromatic rings. The molecule has 1 saturated heterocycles. The molecule has 3 atom stereocenters. The fraction of sp³-hybridized carbons (Fsp3) is 0.156. The van der Waals surface area contributed by atoms with Gasteiger partial charge in [-0.3, -0.25) is 14.4 Å². The number of anilines is 1. The van der Waals surface area contributed by atoms with E-state index in [1.807, 2.05) is 4.90 Å². The predicted molar refractivity (Wildman–Crippen MR) is 142 cm³/mol. The molecule has 0 amide bonds. The van der Waals surface area contributed by atoms with Gasteiger partial charge in [0.15, 0.2) is 17.3 Å². The molecular formula is C32H22FNO5. The molecule has 192 valence electrons. The lowest BCUT2D eigenvalue weighted by atomic mass is 9.65. The minimum absolute atomic E-state index is 0.306. The lowest BCUT2D eigenvalue weighted by Gasteiger charge is -2.37. The van der Waals surface area contributed by atoms with Crippen LogP contribution in [0.25, 0.3) is 6.08 Å². The van der Waals surface area contributed by atoms with Gasteiger partial charge >= 0.3 is 0 Å². The van der Waals surface area contributed by atoms with E-state index in [0.29, 0.717) is 39.5 Å². The van der Waals surface area contributed by atoms with Gasteiger partial charge in [-0.15, -0.1) is 0 Å². The lowest BCUT2D eigenvalue weighted by molar-refractivity contribution is 0.0652. The molecule has 39 heavy (non-hydrogen) atoms. The number of halogens is 1. The monoisotopic (exact) mass is 519 g/mol. The van der Waals surface area contributed by atoms with Crippen molar-refractivity contribution in [1.82, 2.24) is 0 Å². The predicted octanol–water partition coefficient (Wildman–Crippen LogP) is 5.74. The fourth-order valence-electron chi connectivity index (χ4n) is 6.67. The summed E-state index contributed by atoms with van der Waals surface area (Å²) in [4.78, 5) is 45.2. The van der Waals surface area contributed by atoms with Crippen LogP contribution in [0, 0.1) is 11.2 Å². The standard InChI is InChI=1S/C32H22FNO5/c1-38-21-7-4-6-19(17-21)29(35)28-27(25-10-5-15-39-25)32(30(36)22-8-2-3-9-23(22)31(32)37)26-14-11-18-16-20(33)12-13-24(18)34(26)28/h2-17,26-28H,1H3/t26?,27-,28+/m0/s1. The van der Waals surface area contributed by atoms with Crippen molar-refractivity contribution in [2.24, 2.45) is 5.41 Å². The summed E-state index contributed by atoms with van der Waals surface area (Å²) in [6.45, 7) is 0. The number of Topliss-reactive ketones (excluding diaryl/α,β-unsaturated/α-hetero) is 3. The maximum Gasteiger partial charge on any atom is 0.186 e. The average Bonchev–Trinajstić information content (AvgIpc) is 3.65. The van der Waals surface area contributed by atoms with Crippen LogP contribution in [0.15, 0.2) is 95.6 Å². The van der Waals surface area contributed by atoms with Crippen LogP contribution in [-0.2, 0) is 0 Å². The number of benzene rings is 3. The lowest BCUT2D eigenvalue weighted by Crippen LogP contribution is -2.48. The molecule has 2 aliphatic heterocycles. The number of ether oxygens (including phenoxy) is 1. The number of fused-ring (bicyclic) bond motifs is 5. The van der Waals surface area contributed by atoms with Gasteiger partial charge in [0.2, 0.25) is 0 Å². The average molecular weight is 520 g/mol. The molecule has 0 bridgehead atoms. The van der Waals surface area contributed by atoms with Crippen LogP contribution in [0.2, 0.25) is 0 Å². The molecule has 3 aliphatic rings. The number of furan rings is 1. The molecule has 3 heterocycles. The molecule has 1 fully saturated rings. The smallest absolute Gasteiger partial charge is 0.186 e. The molecule has 1 aliphatic carbocycles. The van der Waals surface area contributed by atoms with E-state index in [0.717, 1.165) is 0 Å². The van der Waals surface area contributed by atoms with E-state index in [1.165, 1.54) is 25.5 Å². The van der Waals surface area contributed by atoms with Crippen LogP contribution in [-0.4, -0.2) is 36.5 Å². The first kappa shape index (κ1) is 23.3. The number of carbonyl (C=O) groups excluding carboxylic acids is 3. The van der Waals surface area contributed by atoms with E-state index in [2.05, 4.69) is 0 Å². The second kappa shape index (κ2) is 8.36. The van der Waals surface area contributed by atoms with Crippen molar-refractivity contribution in [3.05, 3.63) is 125 Å². The van der Waals surface area contributed by atoms with Gasteiger partial charge in [-0.25, -0.2) is 4.39 Å². The fourth-order valence-corrected chi connectivity index (χ4v) is 6.67. The number of rotatable bonds is 4. The van der Waals surface area contributed by atoms with Crippen LogP contribution in [0.4, 0.5) is 10.1 Å². The minimum Gasteiger partial charge on any atom is -0.497 e. The van der Waals surface area contributed by atoms with Crippen LogP contribution in [0.3, 0.4) is 0 Å². The summed E-state index contributed by atoms with van der Waals surface area (Å²) in [6, 6.07) is 19.4. The van der Waals surface area contributed by atoms with Crippen molar-refractivity contribution in [3.8, 4) is 5.75 Å². The zero-order chi connectivity index (χ0) is 26.9. The number of nitrogens with zero attached hydrogens (tertiary/aromatic N) is 1. The summed E-state index contributed by atoms with van der Waals surface area (Å²) >= 11 is 0. The van der Waals surface area contributed by atoms with Crippen LogP contribution in [0.5, 0.6) is 5.75 Å². The van der Waals surface area contributed by atoms with Gasteiger partial charge in [0, 0.05) is 27.9 Å². The number of ketones is 3. The molecule has 1 unspecified atom stereocenters. The third-order valence-electron chi connectivity index (χ3n) is 8.24. The number of hydrogen-bond donors (Lipinski definition) is 0. The van der Waals surface area contributed by atoms with Crippen LogP contribution < -0.4 is 9.64 Å². The number of carbonyl (C=O) groups is 3. The Morgan fingerprint density at radius 1 is 0.949 bits per heavy atom. The number of hydrogen-bond acceptors (Lipinski definition) is 6. The summed E-state index contributed by atoms with van der Waals surface area (Å²) in [6.07, 6.45) is 4.95. The van der Waals surface area contributed by atoms with Crippen molar-refractivity contribution < 1.29 is 27.9 Å². The Bertz CT molecular complexity index is 1670. The first-order valence-corrected chi connectivity index (χ1v) is 12.6. The number of methoxy groups -OCH3 is 1. The van der Waals surface area contributed by atoms with Gasteiger partial charge in [0.25, 0.3) is 0 Å². The van der Waals surface area contributed by atoms with E-state index < -0.39 is 29.2 Å². The Kier molecular flexibility index (Phi) is 5.01. The van der Waals surface area contributed by atoms with Crippen molar-refractivity contribution >= 4 is 29.1 Å². The van der Waals surface area contributed by atoms with Gasteiger partial charge in [0.05, 0.1) is 25.3 Å². The third kappa shape index (κ3) is 3.04. The topological polar surface area (TPSA) is 76.8 Å². The van der Waals surface area contributed by atoms with Gasteiger partial charge in [-0.05, 0) is 42.5 Å². The normalized spacial score (nSPS) is 22.1. The molecular weight excluding hydrogens is 497 g/mol. The molecule has 0 radical (unpaired) electrons. The Hall–Kier alpha value is -4.78. The Labute approximate surface area is 223 Å². The molecule has 1 spiro atoms. The SMILES string of the molecule is COc1cccc(C(=O)[C@H]2[C@H](c3ccco3)C3(C(=O)c4ccccc4C3=O)C3C=Cc4cc(F)ccc4N32)c1. The van der Waals surface area contributed by atoms with E-state index in [4.69, 9.17) is 9.15 Å². The molecule has 0 N–H and O–H groups in total. The zero-order valence-corrected chi connectivity index (χ0v) is 20.8. The molecule has 3 aromatic carbocycles. The van der Waals surface area contributed by atoms with Crippen LogP contribution >= 0.6 is 0 Å². The summed E-state index contributed by atoms with van der Waals surface area (Å²) in [5.41, 5.74) is 0.470. The summed E-state index contributed by atoms with van der Waals surface area (Å²) < 4.78 is 25.5. The van der Waals surface area contributed by atoms with Crippen molar-refractivity contribution in [3.63, 3.8) is 0 Å². The highest BCUT2D eigenvalue weighted by Gasteiger charge is 2.72. The maximum atomic E-state index is 14.5. The molecule has 7 rings (SSSR count). The van der Waals surface area contributed by atoms with E-state index in [-0.39, 0.29) is 17.3 Å². The minimum atomic E-state index is -1.66. The van der Waals surface area contributed by atoms with Crippen molar-refractivity contribution in [1.29, 1.82) is 0 Å². The van der Waals surface area contributed by atoms with Gasteiger partial charge in [-0.1, -0.05) is 48.6 Å². The molecule has 6 nitrogen and oxygen atoms in total. The Balaban J connectivity index is 1.53. The third-order valence-corrected chi connectivity index (χ3v) is 8.24. The highest BCUT2D eigenvalue weighted by molar-refractivity contribution is 6.32. The van der Waals surface area contributed by atoms with Crippen LogP contribution in [0.1, 0.15) is 48.3 Å². The van der Waals surface area contributed by atoms with Crippen molar-refractivity contribution in [2.75, 3.05) is 12.0 Å². The van der Waals surface area contributed by atoms with Gasteiger partial charge in [0.1, 0.15) is 28.8 Å². The molecule has 1 aromatic heterocycles. The van der Waals surface area contributed by atoms with E-state index in [9.17, 15) is 18.8 Å². The summed E-state index contributed by atoms with van der Waals surface area (Å²) in [5, 5.41) is 0. The van der Waals surface area contributed by atoms with E-state index >= 15 is 0 Å². The quantitative estimate of drug-likeness (QED) is 0.253. The second-order valence-corrected chi connectivity index (χ2v) is 10.0. The second-order valence-electron chi connectivity index (χ2n) is 10.0. The Morgan fingerprint density at radius 3 is 2.41 bits per heavy atom. The van der Waals surface area contributed by atoms with Gasteiger partial charge in [-0.2, -0.15) is 0 Å². The Morgan fingerprint density at radius 2 is 1.72 bits per heavy atom. The highest BCUT2D eigenvalue weighted by Crippen LogP contribution is 2.61. The van der Waals surface area contributed by atoms with E-state index in [1.54, 1.807) is 78.9 Å². The largest absolute Gasteiger partial charge is 0.497 e.